The Morgan fingerprint density at radius 3 is 1.50 bits per heavy atom. The Bertz CT molecular complexity index is 79.8. The summed E-state index contributed by atoms with van der Waals surface area (Å²) in [6.45, 7) is 6.90. The SMILES string of the molecule is [B]C(=O)CC[CH2-].[B]CC[CH2-].[W].[W]. The molecule has 12 heavy (non-hydrogen) atoms. The van der Waals surface area contributed by atoms with Gasteiger partial charge < -0.3 is 18.6 Å². The number of hydrogen-bond acceptors (Lipinski definition) is 1. The van der Waals surface area contributed by atoms with Gasteiger partial charge in [0, 0.05) is 42.1 Å². The van der Waals surface area contributed by atoms with Crippen LogP contribution in [0.5, 0.6) is 0 Å². The zero-order chi connectivity index (χ0) is 8.41. The van der Waals surface area contributed by atoms with Crippen molar-refractivity contribution in [1.82, 2.24) is 0 Å². The second kappa shape index (κ2) is 22.8. The molecule has 0 saturated carbocycles. The van der Waals surface area contributed by atoms with Gasteiger partial charge in [-0.2, -0.15) is 12.8 Å². The third-order valence-corrected chi connectivity index (χ3v) is 0.627. The molecule has 0 heterocycles. The van der Waals surface area contributed by atoms with Gasteiger partial charge in [-0.05, 0) is 6.42 Å². The van der Waals surface area contributed by atoms with Crippen molar-refractivity contribution < 1.29 is 46.9 Å². The third-order valence-electron chi connectivity index (χ3n) is 0.627. The van der Waals surface area contributed by atoms with Crippen molar-refractivity contribution >= 4 is 21.4 Å². The van der Waals surface area contributed by atoms with Crippen LogP contribution in [0.1, 0.15) is 19.3 Å². The van der Waals surface area contributed by atoms with Crippen LogP contribution >= 0.6 is 0 Å². The molecule has 0 atom stereocenters. The Morgan fingerprint density at radius 1 is 1.17 bits per heavy atom. The number of carbonyl (C=O) groups is 1. The molecule has 4 radical (unpaired) electrons. The van der Waals surface area contributed by atoms with Crippen LogP contribution < -0.4 is 0 Å². The van der Waals surface area contributed by atoms with Crippen molar-refractivity contribution in [3.8, 4) is 0 Å². The van der Waals surface area contributed by atoms with Gasteiger partial charge in [-0.1, -0.05) is 0 Å². The normalized spacial score (nSPS) is 6.50. The van der Waals surface area contributed by atoms with Gasteiger partial charge >= 0.3 is 0 Å². The molecule has 0 bridgehead atoms. The van der Waals surface area contributed by atoms with Crippen LogP contribution in [0.25, 0.3) is 0 Å². The van der Waals surface area contributed by atoms with Gasteiger partial charge in [-0.3, -0.25) is 0 Å². The fraction of sp³-hybridized carbons (Fsp3) is 0.571. The molecule has 0 unspecified atom stereocenters. The fourth-order valence-corrected chi connectivity index (χ4v) is 0.174. The summed E-state index contributed by atoms with van der Waals surface area (Å²) in [6.07, 6.45) is 2.56. The maximum atomic E-state index is 9.78. The van der Waals surface area contributed by atoms with Gasteiger partial charge in [-0.15, -0.1) is 6.32 Å². The van der Waals surface area contributed by atoms with Gasteiger partial charge in [0.25, 0.3) is 0 Å². The van der Waals surface area contributed by atoms with Crippen molar-refractivity contribution in [3.05, 3.63) is 13.8 Å². The molecule has 0 aromatic carbocycles. The monoisotopic (exact) mass is 502 g/mol. The molecule has 0 fully saturated rings. The molecule has 5 heteroatoms. The maximum absolute atomic E-state index is 9.78. The van der Waals surface area contributed by atoms with Crippen LogP contribution in [0.2, 0.25) is 6.32 Å². The van der Waals surface area contributed by atoms with Gasteiger partial charge in [0.15, 0.2) is 7.85 Å². The van der Waals surface area contributed by atoms with Crippen LogP contribution in [0.3, 0.4) is 0 Å². The second-order valence-electron chi connectivity index (χ2n) is 1.71. The first-order valence-electron chi connectivity index (χ1n) is 3.25. The van der Waals surface area contributed by atoms with Gasteiger partial charge in [0.05, 0.1) is 13.5 Å². The summed E-state index contributed by atoms with van der Waals surface area (Å²) in [5.74, 6) is 0. The minimum atomic E-state index is -0.273. The Morgan fingerprint density at radius 2 is 1.50 bits per heavy atom. The average Bonchev–Trinajstić information content (AvgIpc) is 1.89. The van der Waals surface area contributed by atoms with Crippen LogP contribution in [0.15, 0.2) is 0 Å². The summed E-state index contributed by atoms with van der Waals surface area (Å²) < 4.78 is 0. The first kappa shape index (κ1) is 23.2. The molecule has 0 rings (SSSR count). The van der Waals surface area contributed by atoms with E-state index in [1.54, 1.807) is 0 Å². The average molecular weight is 501 g/mol. The first-order valence-corrected chi connectivity index (χ1v) is 3.25. The van der Waals surface area contributed by atoms with Gasteiger partial charge in [0.1, 0.15) is 0 Å². The predicted octanol–water partition coefficient (Wildman–Crippen LogP) is 1.09. The summed E-state index contributed by atoms with van der Waals surface area (Å²) in [7, 11) is 9.69. The third kappa shape index (κ3) is 43.2. The van der Waals surface area contributed by atoms with Crippen LogP contribution in [0.4, 0.5) is 0 Å². The van der Waals surface area contributed by atoms with Crippen LogP contribution in [-0.4, -0.2) is 21.4 Å². The van der Waals surface area contributed by atoms with E-state index in [0.29, 0.717) is 19.2 Å². The van der Waals surface area contributed by atoms with Gasteiger partial charge in [0.2, 0.25) is 0 Å². The topological polar surface area (TPSA) is 17.1 Å². The molecular formula is C7H12B2OW2-2. The molecule has 0 amide bonds. The maximum Gasteiger partial charge on any atom is 0.167 e. The number of carbonyl (C=O) groups excluding carboxylic acids is 1. The van der Waals surface area contributed by atoms with E-state index >= 15 is 0 Å². The summed E-state index contributed by atoms with van der Waals surface area (Å²) in [5, 5.41) is 0. The molecule has 1 nitrogen and oxygen atoms in total. The number of rotatable bonds is 3. The quantitative estimate of drug-likeness (QED) is 0.418. The van der Waals surface area contributed by atoms with Crippen molar-refractivity contribution in [1.29, 1.82) is 0 Å². The van der Waals surface area contributed by atoms with Crippen molar-refractivity contribution in [2.75, 3.05) is 0 Å². The Kier molecular flexibility index (Phi) is 44.0. The Balaban J connectivity index is -0.0000000483. The largest absolute Gasteiger partial charge is 0.344 e. The van der Waals surface area contributed by atoms with Crippen LogP contribution in [0, 0.1) is 13.8 Å². The standard InChI is InChI=1S/C4H6BO.C3H6B.2W/c1-2-3-4(5)6;1-2-3-4;;/h1-3H2;1-3H2;;/q2*-1;;. The molecule has 66 valence electrons. The minimum absolute atomic E-state index is 0. The van der Waals surface area contributed by atoms with Crippen LogP contribution in [-0.2, 0) is 46.9 Å². The van der Waals surface area contributed by atoms with Gasteiger partial charge in [-0.25, -0.2) is 0 Å². The van der Waals surface area contributed by atoms with E-state index in [1.807, 2.05) is 0 Å². The Labute approximate surface area is 107 Å². The summed E-state index contributed by atoms with van der Waals surface area (Å²) in [6, 6.07) is 0. The molecule has 0 spiro atoms. The van der Waals surface area contributed by atoms with E-state index in [2.05, 4.69) is 13.8 Å². The van der Waals surface area contributed by atoms with E-state index in [-0.39, 0.29) is 47.8 Å². The fourth-order valence-electron chi connectivity index (χ4n) is 0.174. The van der Waals surface area contributed by atoms with E-state index < -0.39 is 0 Å². The summed E-state index contributed by atoms with van der Waals surface area (Å²) in [5.41, 5.74) is -0.273. The van der Waals surface area contributed by atoms with E-state index in [1.165, 1.54) is 0 Å². The smallest absolute Gasteiger partial charge is 0.167 e. The molecule has 0 aromatic rings. The molecule has 0 aliphatic rings. The summed E-state index contributed by atoms with van der Waals surface area (Å²) in [4.78, 5) is 9.78. The van der Waals surface area contributed by atoms with Crippen molar-refractivity contribution in [2.45, 2.75) is 25.6 Å². The molecule has 0 aromatic heterocycles. The first-order chi connectivity index (χ1) is 4.68. The molecular weight excluding hydrogens is 489 g/mol. The molecule has 0 aliphatic heterocycles. The number of hydrogen-bond donors (Lipinski definition) is 0. The van der Waals surface area contributed by atoms with E-state index in [4.69, 9.17) is 15.7 Å². The molecule has 0 N–H and O–H groups in total. The molecule has 0 saturated heterocycles. The van der Waals surface area contributed by atoms with Crippen molar-refractivity contribution in [2.24, 2.45) is 0 Å². The Hall–Kier alpha value is 1.18. The minimum Gasteiger partial charge on any atom is -0.344 e. The molecule has 0 aliphatic carbocycles. The zero-order valence-corrected chi connectivity index (χ0v) is 13.0. The van der Waals surface area contributed by atoms with E-state index in [0.717, 1.165) is 6.42 Å². The zero-order valence-electron chi connectivity index (χ0n) is 7.12. The second-order valence-corrected chi connectivity index (χ2v) is 1.71. The predicted molar refractivity (Wildman–Crippen MR) is 45.9 cm³/mol. The van der Waals surface area contributed by atoms with Crippen molar-refractivity contribution in [3.63, 3.8) is 0 Å². The summed E-state index contributed by atoms with van der Waals surface area (Å²) >= 11 is 0. The van der Waals surface area contributed by atoms with E-state index in [9.17, 15) is 4.79 Å².